The van der Waals surface area contributed by atoms with Crippen molar-refractivity contribution in [1.29, 1.82) is 0 Å². The number of hydrogen-bond donors (Lipinski definition) is 1. The quantitative estimate of drug-likeness (QED) is 0.943. The highest BCUT2D eigenvalue weighted by Crippen LogP contribution is 2.27. The van der Waals surface area contributed by atoms with Gasteiger partial charge < -0.3 is 10.2 Å². The van der Waals surface area contributed by atoms with Crippen molar-refractivity contribution in [3.8, 4) is 0 Å². The van der Waals surface area contributed by atoms with Crippen molar-refractivity contribution in [2.75, 3.05) is 24.5 Å². The first-order chi connectivity index (χ1) is 10.6. The van der Waals surface area contributed by atoms with Gasteiger partial charge in [-0.15, -0.1) is 0 Å². The number of halogens is 1. The zero-order valence-electron chi connectivity index (χ0n) is 12.6. The largest absolute Gasteiger partial charge is 0.356 e. The van der Waals surface area contributed by atoms with Crippen LogP contribution in [0.4, 0.5) is 10.2 Å². The van der Waals surface area contributed by atoms with Crippen LogP contribution in [0.5, 0.6) is 0 Å². The molecule has 2 heterocycles. The fraction of sp³-hybridized carbons (Fsp3) is 0.438. The van der Waals surface area contributed by atoms with Crippen LogP contribution in [0.1, 0.15) is 19.8 Å². The Morgan fingerprint density at radius 1 is 1.45 bits per heavy atom. The van der Waals surface area contributed by atoms with E-state index in [-0.39, 0.29) is 11.7 Å². The Hall–Kier alpha value is -2.24. The van der Waals surface area contributed by atoms with Gasteiger partial charge >= 0.3 is 0 Å². The molecule has 1 aliphatic heterocycles. The summed E-state index contributed by atoms with van der Waals surface area (Å²) in [7, 11) is 0. The number of carbonyl (C=O) groups excluding carboxylic acids is 1. The number of benzene rings is 1. The third kappa shape index (κ3) is 3.16. The fourth-order valence-electron chi connectivity index (χ4n) is 2.98. The maximum absolute atomic E-state index is 13.5. The molecule has 1 unspecified atom stereocenters. The van der Waals surface area contributed by atoms with Gasteiger partial charge in [0, 0.05) is 31.9 Å². The first kappa shape index (κ1) is 14.7. The van der Waals surface area contributed by atoms with Crippen LogP contribution in [0.3, 0.4) is 0 Å². The van der Waals surface area contributed by atoms with Crippen molar-refractivity contribution in [3.63, 3.8) is 0 Å². The van der Waals surface area contributed by atoms with E-state index >= 15 is 0 Å². The lowest BCUT2D eigenvalue weighted by molar-refractivity contribution is -0.119. The molecule has 1 aromatic carbocycles. The number of hydrogen-bond acceptors (Lipinski definition) is 4. The van der Waals surface area contributed by atoms with Crippen molar-refractivity contribution in [2.24, 2.45) is 5.92 Å². The first-order valence-corrected chi connectivity index (χ1v) is 7.53. The summed E-state index contributed by atoms with van der Waals surface area (Å²) >= 11 is 0. The van der Waals surface area contributed by atoms with Crippen molar-refractivity contribution in [1.82, 2.24) is 15.3 Å². The first-order valence-electron chi connectivity index (χ1n) is 7.53. The van der Waals surface area contributed by atoms with Crippen molar-refractivity contribution in [2.45, 2.75) is 19.8 Å². The van der Waals surface area contributed by atoms with Gasteiger partial charge in [0.05, 0.1) is 5.52 Å². The summed E-state index contributed by atoms with van der Waals surface area (Å²) in [6, 6.07) is 4.57. The van der Waals surface area contributed by atoms with E-state index in [1.807, 2.05) is 0 Å². The van der Waals surface area contributed by atoms with Crippen LogP contribution < -0.4 is 10.2 Å². The molecule has 1 amide bonds. The lowest BCUT2D eigenvalue weighted by Crippen LogP contribution is -2.41. The molecule has 1 N–H and O–H groups in total. The van der Waals surface area contributed by atoms with Gasteiger partial charge in [0.1, 0.15) is 18.0 Å². The third-order valence-corrected chi connectivity index (χ3v) is 4.03. The number of nitrogens with one attached hydrogen (secondary N) is 1. The zero-order valence-corrected chi connectivity index (χ0v) is 12.6. The Bertz CT molecular complexity index is 691. The van der Waals surface area contributed by atoms with E-state index in [0.29, 0.717) is 12.5 Å². The van der Waals surface area contributed by atoms with Gasteiger partial charge in [0.15, 0.2) is 0 Å². The normalized spacial score (nSPS) is 18.5. The van der Waals surface area contributed by atoms with E-state index in [9.17, 15) is 9.18 Å². The van der Waals surface area contributed by atoms with Gasteiger partial charge in [-0.25, -0.2) is 14.4 Å². The number of carbonyl (C=O) groups is 1. The molecule has 0 aliphatic carbocycles. The maximum Gasteiger partial charge on any atom is 0.216 e. The molecule has 1 aromatic heterocycles. The van der Waals surface area contributed by atoms with Crippen LogP contribution in [0.15, 0.2) is 24.5 Å². The summed E-state index contributed by atoms with van der Waals surface area (Å²) in [6.07, 6.45) is 3.63. The standard InChI is InChI=1S/C16H19FN4O/c1-11(22)18-8-12-3-2-6-21(9-12)16-14-7-13(17)4-5-15(14)19-10-20-16/h4-5,7,10,12H,2-3,6,8-9H2,1H3,(H,18,22). The minimum Gasteiger partial charge on any atom is -0.356 e. The topological polar surface area (TPSA) is 58.1 Å². The lowest BCUT2D eigenvalue weighted by Gasteiger charge is -2.34. The van der Waals surface area contributed by atoms with Crippen LogP contribution >= 0.6 is 0 Å². The Morgan fingerprint density at radius 3 is 3.14 bits per heavy atom. The average Bonchev–Trinajstić information content (AvgIpc) is 2.52. The SMILES string of the molecule is CC(=O)NCC1CCCN(c2ncnc3ccc(F)cc23)C1. The third-order valence-electron chi connectivity index (χ3n) is 4.03. The molecule has 6 heteroatoms. The minimum atomic E-state index is -0.282. The molecule has 0 saturated carbocycles. The molecule has 116 valence electrons. The summed E-state index contributed by atoms with van der Waals surface area (Å²) < 4.78 is 13.5. The molecule has 5 nitrogen and oxygen atoms in total. The van der Waals surface area contributed by atoms with Crippen molar-refractivity contribution in [3.05, 3.63) is 30.3 Å². The van der Waals surface area contributed by atoms with Gasteiger partial charge in [-0.2, -0.15) is 0 Å². The Morgan fingerprint density at radius 2 is 2.32 bits per heavy atom. The van der Waals surface area contributed by atoms with Crippen LogP contribution in [0.25, 0.3) is 10.9 Å². The second-order valence-corrected chi connectivity index (χ2v) is 5.75. The molecule has 1 atom stereocenters. The molecular weight excluding hydrogens is 283 g/mol. The van der Waals surface area contributed by atoms with Gasteiger partial charge in [-0.3, -0.25) is 4.79 Å². The lowest BCUT2D eigenvalue weighted by atomic mass is 9.97. The smallest absolute Gasteiger partial charge is 0.216 e. The summed E-state index contributed by atoms with van der Waals surface area (Å²) in [4.78, 5) is 21.8. The molecule has 2 aromatic rings. The summed E-state index contributed by atoms with van der Waals surface area (Å²) in [5.41, 5.74) is 0.746. The van der Waals surface area contributed by atoms with E-state index in [2.05, 4.69) is 20.2 Å². The molecule has 0 radical (unpaired) electrons. The maximum atomic E-state index is 13.5. The number of piperidine rings is 1. The number of anilines is 1. The molecule has 1 saturated heterocycles. The van der Waals surface area contributed by atoms with Crippen molar-refractivity contribution >= 4 is 22.6 Å². The monoisotopic (exact) mass is 302 g/mol. The van der Waals surface area contributed by atoms with Gasteiger partial charge in [-0.05, 0) is 37.0 Å². The van der Waals surface area contributed by atoms with E-state index in [1.165, 1.54) is 25.4 Å². The number of amides is 1. The molecule has 0 bridgehead atoms. The summed E-state index contributed by atoms with van der Waals surface area (Å²) in [6.45, 7) is 3.90. The number of fused-ring (bicyclic) bond motifs is 1. The second-order valence-electron chi connectivity index (χ2n) is 5.75. The van der Waals surface area contributed by atoms with Crippen LogP contribution in [-0.4, -0.2) is 35.5 Å². The van der Waals surface area contributed by atoms with Crippen LogP contribution in [0.2, 0.25) is 0 Å². The van der Waals surface area contributed by atoms with Gasteiger partial charge in [-0.1, -0.05) is 0 Å². The predicted molar refractivity (Wildman–Crippen MR) is 83.1 cm³/mol. The van der Waals surface area contributed by atoms with E-state index in [1.54, 1.807) is 6.07 Å². The van der Waals surface area contributed by atoms with E-state index in [4.69, 9.17) is 0 Å². The highest BCUT2D eigenvalue weighted by atomic mass is 19.1. The highest BCUT2D eigenvalue weighted by Gasteiger charge is 2.22. The van der Waals surface area contributed by atoms with E-state index in [0.717, 1.165) is 42.7 Å². The fourth-order valence-corrected chi connectivity index (χ4v) is 2.98. The number of nitrogens with zero attached hydrogens (tertiary/aromatic N) is 3. The van der Waals surface area contributed by atoms with Gasteiger partial charge in [0.2, 0.25) is 5.91 Å². The molecule has 0 spiro atoms. The van der Waals surface area contributed by atoms with Crippen LogP contribution in [-0.2, 0) is 4.79 Å². The summed E-state index contributed by atoms with van der Waals surface area (Å²) in [5, 5.41) is 3.61. The Balaban J connectivity index is 1.84. The molecule has 3 rings (SSSR count). The minimum absolute atomic E-state index is 0.00770. The predicted octanol–water partition coefficient (Wildman–Crippen LogP) is 2.12. The Labute approximate surface area is 128 Å². The number of aromatic nitrogens is 2. The summed E-state index contributed by atoms with van der Waals surface area (Å²) in [5.74, 6) is 0.871. The van der Waals surface area contributed by atoms with Gasteiger partial charge in [0.25, 0.3) is 0 Å². The molecule has 1 aliphatic rings. The number of rotatable bonds is 3. The molecular formula is C16H19FN4O. The van der Waals surface area contributed by atoms with Crippen molar-refractivity contribution < 1.29 is 9.18 Å². The van der Waals surface area contributed by atoms with Crippen LogP contribution in [0, 0.1) is 11.7 Å². The van der Waals surface area contributed by atoms with E-state index < -0.39 is 0 Å². The molecule has 22 heavy (non-hydrogen) atoms. The zero-order chi connectivity index (χ0) is 15.5. The molecule has 1 fully saturated rings. The average molecular weight is 302 g/mol. The Kier molecular flexibility index (Phi) is 4.18. The highest BCUT2D eigenvalue weighted by molar-refractivity contribution is 5.89. The second kappa shape index (κ2) is 6.25.